The van der Waals surface area contributed by atoms with Crippen LogP contribution in [0.25, 0.3) is 0 Å². The summed E-state index contributed by atoms with van der Waals surface area (Å²) in [7, 11) is 0. The van der Waals surface area contributed by atoms with Gasteiger partial charge in [0.25, 0.3) is 0 Å². The second-order valence-corrected chi connectivity index (χ2v) is 4.92. The minimum atomic E-state index is -0.363. The van der Waals surface area contributed by atoms with Crippen LogP contribution in [-0.4, -0.2) is 23.3 Å². The molecule has 0 bridgehead atoms. The monoisotopic (exact) mass is 264 g/mol. The predicted octanol–water partition coefficient (Wildman–Crippen LogP) is 3.30. The molecule has 0 aromatic carbocycles. The smallest absolute Gasteiger partial charge is 0.330 e. The van der Waals surface area contributed by atoms with Crippen LogP contribution >= 0.6 is 0 Å². The van der Waals surface area contributed by atoms with Crippen LogP contribution in [0, 0.1) is 0 Å². The van der Waals surface area contributed by atoms with Gasteiger partial charge < -0.3 is 9.84 Å². The Hall–Kier alpha value is -1.35. The number of hydrogen-bond donors (Lipinski definition) is 1. The summed E-state index contributed by atoms with van der Waals surface area (Å²) >= 11 is 0. The fourth-order valence-corrected chi connectivity index (χ4v) is 1.89. The van der Waals surface area contributed by atoms with Gasteiger partial charge in [0.1, 0.15) is 6.10 Å². The van der Waals surface area contributed by atoms with Gasteiger partial charge in [-0.25, -0.2) is 4.79 Å². The first-order valence-electron chi connectivity index (χ1n) is 7.05. The summed E-state index contributed by atoms with van der Waals surface area (Å²) in [5.41, 5.74) is 0. The number of carbonyl (C=O) groups excluding carboxylic acids is 1. The quantitative estimate of drug-likeness (QED) is 0.683. The number of esters is 1. The fraction of sp³-hybridized carbons (Fsp3) is 0.562. The number of allylic oxidation sites excluding steroid dienone is 3. The highest BCUT2D eigenvalue weighted by atomic mass is 16.5. The van der Waals surface area contributed by atoms with Crippen molar-refractivity contribution in [1.82, 2.24) is 0 Å². The van der Waals surface area contributed by atoms with Crippen LogP contribution in [-0.2, 0) is 9.53 Å². The van der Waals surface area contributed by atoms with E-state index in [9.17, 15) is 9.90 Å². The van der Waals surface area contributed by atoms with Gasteiger partial charge in [0, 0.05) is 12.5 Å². The normalized spacial score (nSPS) is 32.2. The van der Waals surface area contributed by atoms with Gasteiger partial charge in [-0.15, -0.1) is 0 Å². The van der Waals surface area contributed by atoms with Crippen molar-refractivity contribution < 1.29 is 14.6 Å². The molecule has 3 heteroatoms. The summed E-state index contributed by atoms with van der Waals surface area (Å²) in [5.74, 6) is -0.337. The average molecular weight is 264 g/mol. The SMILES string of the molecule is C[C@@H]1C/C=C/C=C\CCCC[C@H](O)C/C=C/C(=O)O1. The standard InChI is InChI=1S/C16H24O3/c1-14-10-7-5-3-2-4-6-8-11-15(17)12-9-13-16(18)19-14/h2-3,5,7,9,13-15,17H,4,6,8,10-12H2,1H3/b3-2-,7-5+,13-9+/t14-,15+/m1/s1. The van der Waals surface area contributed by atoms with Gasteiger partial charge in [0.05, 0.1) is 6.10 Å². The number of carbonyl (C=O) groups is 1. The summed E-state index contributed by atoms with van der Waals surface area (Å²) in [6.07, 6.45) is 15.9. The Morgan fingerprint density at radius 2 is 1.95 bits per heavy atom. The summed E-state index contributed by atoms with van der Waals surface area (Å²) in [5, 5.41) is 9.73. The molecule has 0 aliphatic carbocycles. The number of rotatable bonds is 0. The van der Waals surface area contributed by atoms with Crippen molar-refractivity contribution in [3.8, 4) is 0 Å². The van der Waals surface area contributed by atoms with E-state index in [2.05, 4.69) is 6.08 Å². The largest absolute Gasteiger partial charge is 0.459 e. The number of cyclic esters (lactones) is 1. The van der Waals surface area contributed by atoms with Gasteiger partial charge in [-0.2, -0.15) is 0 Å². The lowest BCUT2D eigenvalue weighted by molar-refractivity contribution is -0.141. The second kappa shape index (κ2) is 9.56. The first-order valence-corrected chi connectivity index (χ1v) is 7.05. The van der Waals surface area contributed by atoms with Crippen molar-refractivity contribution in [2.75, 3.05) is 0 Å². The Kier molecular flexibility index (Phi) is 7.91. The van der Waals surface area contributed by atoms with Crippen LogP contribution < -0.4 is 0 Å². The number of aliphatic hydroxyl groups is 1. The van der Waals surface area contributed by atoms with E-state index in [-0.39, 0.29) is 18.2 Å². The summed E-state index contributed by atoms with van der Waals surface area (Å²) in [6, 6.07) is 0. The molecule has 0 unspecified atom stereocenters. The molecule has 0 amide bonds. The van der Waals surface area contributed by atoms with Crippen molar-refractivity contribution in [1.29, 1.82) is 0 Å². The number of hydrogen-bond acceptors (Lipinski definition) is 3. The van der Waals surface area contributed by atoms with Crippen LogP contribution in [0.4, 0.5) is 0 Å². The molecule has 0 aromatic heterocycles. The van der Waals surface area contributed by atoms with E-state index in [1.807, 2.05) is 25.2 Å². The highest BCUT2D eigenvalue weighted by Gasteiger charge is 2.05. The molecule has 0 fully saturated rings. The van der Waals surface area contributed by atoms with E-state index in [1.54, 1.807) is 6.08 Å². The van der Waals surface area contributed by atoms with Crippen LogP contribution in [0.3, 0.4) is 0 Å². The third-order valence-electron chi connectivity index (χ3n) is 2.99. The molecule has 1 rings (SSSR count). The first kappa shape index (κ1) is 15.7. The van der Waals surface area contributed by atoms with Crippen molar-refractivity contribution in [3.63, 3.8) is 0 Å². The summed E-state index contributed by atoms with van der Waals surface area (Å²) < 4.78 is 5.20. The topological polar surface area (TPSA) is 46.5 Å². The van der Waals surface area contributed by atoms with Crippen LogP contribution in [0.1, 0.15) is 45.4 Å². The number of aliphatic hydroxyl groups excluding tert-OH is 1. The van der Waals surface area contributed by atoms with Crippen LogP contribution in [0.2, 0.25) is 0 Å². The predicted molar refractivity (Wildman–Crippen MR) is 76.7 cm³/mol. The first-order chi connectivity index (χ1) is 9.18. The zero-order valence-corrected chi connectivity index (χ0v) is 11.6. The lowest BCUT2D eigenvalue weighted by atomic mass is 10.1. The van der Waals surface area contributed by atoms with Gasteiger partial charge in [-0.1, -0.05) is 36.8 Å². The highest BCUT2D eigenvalue weighted by Crippen LogP contribution is 2.08. The molecule has 0 aromatic rings. The molecule has 1 heterocycles. The molecule has 2 atom stereocenters. The Morgan fingerprint density at radius 3 is 2.79 bits per heavy atom. The Labute approximate surface area is 115 Å². The molecule has 1 aliphatic rings. The van der Waals surface area contributed by atoms with Gasteiger partial charge in [0.15, 0.2) is 0 Å². The molecular weight excluding hydrogens is 240 g/mol. The van der Waals surface area contributed by atoms with E-state index in [0.29, 0.717) is 12.8 Å². The molecule has 0 saturated carbocycles. The molecular formula is C16H24O3. The summed E-state index contributed by atoms with van der Waals surface area (Å²) in [6.45, 7) is 1.87. The Morgan fingerprint density at radius 1 is 1.16 bits per heavy atom. The fourth-order valence-electron chi connectivity index (χ4n) is 1.89. The molecule has 0 saturated heterocycles. The minimum Gasteiger partial charge on any atom is -0.459 e. The third kappa shape index (κ3) is 8.38. The maximum Gasteiger partial charge on any atom is 0.330 e. The highest BCUT2D eigenvalue weighted by molar-refractivity contribution is 5.82. The molecule has 0 spiro atoms. The maximum atomic E-state index is 11.5. The molecule has 19 heavy (non-hydrogen) atoms. The van der Waals surface area contributed by atoms with Crippen LogP contribution in [0.15, 0.2) is 36.5 Å². The van der Waals surface area contributed by atoms with Gasteiger partial charge >= 0.3 is 5.97 Å². The second-order valence-electron chi connectivity index (χ2n) is 4.92. The molecule has 1 N–H and O–H groups in total. The van der Waals surface area contributed by atoms with Crippen molar-refractivity contribution in [2.45, 2.75) is 57.7 Å². The van der Waals surface area contributed by atoms with E-state index in [0.717, 1.165) is 25.7 Å². The van der Waals surface area contributed by atoms with Gasteiger partial charge in [-0.3, -0.25) is 0 Å². The molecule has 3 nitrogen and oxygen atoms in total. The van der Waals surface area contributed by atoms with Crippen molar-refractivity contribution in [3.05, 3.63) is 36.5 Å². The van der Waals surface area contributed by atoms with E-state index >= 15 is 0 Å². The van der Waals surface area contributed by atoms with E-state index < -0.39 is 0 Å². The summed E-state index contributed by atoms with van der Waals surface area (Å²) in [4.78, 5) is 11.5. The van der Waals surface area contributed by atoms with E-state index in [1.165, 1.54) is 6.08 Å². The van der Waals surface area contributed by atoms with E-state index in [4.69, 9.17) is 4.74 Å². The zero-order valence-electron chi connectivity index (χ0n) is 11.6. The maximum absolute atomic E-state index is 11.5. The minimum absolute atomic E-state index is 0.125. The Bertz CT molecular complexity index is 342. The Balaban J connectivity index is 2.52. The van der Waals surface area contributed by atoms with Gasteiger partial charge in [-0.05, 0) is 32.6 Å². The van der Waals surface area contributed by atoms with Gasteiger partial charge in [0.2, 0.25) is 0 Å². The molecule has 106 valence electrons. The third-order valence-corrected chi connectivity index (χ3v) is 2.99. The molecule has 0 radical (unpaired) electrons. The average Bonchev–Trinajstić information content (AvgIpc) is 2.35. The van der Waals surface area contributed by atoms with Crippen molar-refractivity contribution in [2.24, 2.45) is 0 Å². The lowest BCUT2D eigenvalue weighted by Crippen LogP contribution is -2.12. The molecule has 1 aliphatic heterocycles. The number of ether oxygens (including phenoxy) is 1. The zero-order chi connectivity index (χ0) is 13.9. The van der Waals surface area contributed by atoms with Crippen LogP contribution in [0.5, 0.6) is 0 Å². The lowest BCUT2D eigenvalue weighted by Gasteiger charge is -2.09. The van der Waals surface area contributed by atoms with Crippen molar-refractivity contribution >= 4 is 5.97 Å².